The summed E-state index contributed by atoms with van der Waals surface area (Å²) in [5.74, 6) is 2.07. The van der Waals surface area contributed by atoms with Crippen LogP contribution in [0.3, 0.4) is 0 Å². The largest absolute Gasteiger partial charge is 0.497 e. The lowest BCUT2D eigenvalue weighted by Crippen LogP contribution is -2.23. The van der Waals surface area contributed by atoms with E-state index < -0.39 is 0 Å². The number of hydrazone groups is 1. The molecule has 0 atom stereocenters. The van der Waals surface area contributed by atoms with Crippen molar-refractivity contribution in [3.63, 3.8) is 0 Å². The third-order valence-corrected chi connectivity index (χ3v) is 3.33. The fourth-order valence-electron chi connectivity index (χ4n) is 1.93. The van der Waals surface area contributed by atoms with E-state index in [4.69, 9.17) is 26.4 Å². The van der Waals surface area contributed by atoms with Gasteiger partial charge in [0.2, 0.25) is 0 Å². The summed E-state index contributed by atoms with van der Waals surface area (Å²) in [5, 5.41) is 7.49. The number of benzene rings is 2. The van der Waals surface area contributed by atoms with Gasteiger partial charge in [0.05, 0.1) is 27.5 Å². The first-order chi connectivity index (χ1) is 11.7. The van der Waals surface area contributed by atoms with Crippen LogP contribution in [0.5, 0.6) is 17.2 Å². The topological polar surface area (TPSA) is 64.1 Å². The molecule has 0 aliphatic heterocycles. The molecular weight excluding hydrogens is 326 g/mol. The monoisotopic (exact) mass is 345 g/mol. The van der Waals surface area contributed by atoms with E-state index in [2.05, 4.69) is 15.8 Å². The van der Waals surface area contributed by atoms with Crippen molar-refractivity contribution < 1.29 is 14.2 Å². The first kappa shape index (κ1) is 17.6. The smallest absolute Gasteiger partial charge is 0.191 e. The number of nitrogens with one attached hydrogen (secondary N) is 2. The van der Waals surface area contributed by atoms with E-state index in [1.807, 2.05) is 30.3 Å². The minimum Gasteiger partial charge on any atom is -0.497 e. The van der Waals surface area contributed by atoms with Crippen LogP contribution in [0.2, 0.25) is 0 Å². The second kappa shape index (κ2) is 8.73. The van der Waals surface area contributed by atoms with Crippen LogP contribution in [-0.4, -0.2) is 32.7 Å². The predicted octanol–water partition coefficient (Wildman–Crippen LogP) is 3.03. The van der Waals surface area contributed by atoms with Crippen LogP contribution in [0.4, 0.5) is 5.69 Å². The van der Waals surface area contributed by atoms with E-state index in [-0.39, 0.29) is 0 Å². The Kier molecular flexibility index (Phi) is 6.39. The molecule has 2 aromatic rings. The van der Waals surface area contributed by atoms with Crippen LogP contribution in [0.1, 0.15) is 5.56 Å². The first-order valence-corrected chi connectivity index (χ1v) is 7.53. The van der Waals surface area contributed by atoms with E-state index in [0.717, 1.165) is 17.0 Å². The molecule has 0 unspecified atom stereocenters. The highest BCUT2D eigenvalue weighted by atomic mass is 32.1. The van der Waals surface area contributed by atoms with Crippen LogP contribution < -0.4 is 25.0 Å². The van der Waals surface area contributed by atoms with Crippen molar-refractivity contribution in [2.45, 2.75) is 0 Å². The highest BCUT2D eigenvalue weighted by Crippen LogP contribution is 2.29. The van der Waals surface area contributed by atoms with Crippen molar-refractivity contribution >= 4 is 29.2 Å². The number of nitrogens with zero attached hydrogens (tertiary/aromatic N) is 1. The van der Waals surface area contributed by atoms with Crippen molar-refractivity contribution in [3.8, 4) is 17.2 Å². The molecule has 0 radical (unpaired) electrons. The van der Waals surface area contributed by atoms with Crippen molar-refractivity contribution in [2.24, 2.45) is 5.10 Å². The average molecular weight is 345 g/mol. The van der Waals surface area contributed by atoms with Gasteiger partial charge in [-0.1, -0.05) is 0 Å². The number of anilines is 1. The Balaban J connectivity index is 1.91. The molecule has 126 valence electrons. The molecule has 0 saturated carbocycles. The molecule has 6 nitrogen and oxygen atoms in total. The summed E-state index contributed by atoms with van der Waals surface area (Å²) in [4.78, 5) is 0. The van der Waals surface area contributed by atoms with E-state index >= 15 is 0 Å². The lowest BCUT2D eigenvalue weighted by Gasteiger charge is -2.11. The second-order valence-corrected chi connectivity index (χ2v) is 5.08. The minimum absolute atomic E-state index is 0.368. The SMILES string of the molecule is COc1ccc(/C=N\NC(=S)Nc2ccc(OC)c(OC)c2)cc1. The second-order valence-electron chi connectivity index (χ2n) is 4.67. The maximum atomic E-state index is 5.25. The number of hydrogen-bond acceptors (Lipinski definition) is 5. The van der Waals surface area contributed by atoms with Crippen LogP contribution in [0.25, 0.3) is 0 Å². The molecule has 2 aromatic carbocycles. The van der Waals surface area contributed by atoms with Crippen molar-refractivity contribution in [2.75, 3.05) is 26.6 Å². The minimum atomic E-state index is 0.368. The Bertz CT molecular complexity index is 718. The van der Waals surface area contributed by atoms with Gasteiger partial charge in [0.25, 0.3) is 0 Å². The van der Waals surface area contributed by atoms with Crippen LogP contribution >= 0.6 is 12.2 Å². The number of rotatable bonds is 6. The van der Waals surface area contributed by atoms with Crippen molar-refractivity contribution in [3.05, 3.63) is 48.0 Å². The molecule has 7 heteroatoms. The third-order valence-electron chi connectivity index (χ3n) is 3.14. The molecule has 24 heavy (non-hydrogen) atoms. The molecule has 2 N–H and O–H groups in total. The van der Waals surface area contributed by atoms with Gasteiger partial charge in [0.15, 0.2) is 16.6 Å². The molecule has 0 heterocycles. The Morgan fingerprint density at radius 2 is 1.67 bits per heavy atom. The lowest BCUT2D eigenvalue weighted by atomic mass is 10.2. The summed E-state index contributed by atoms with van der Waals surface area (Å²) >= 11 is 5.20. The quantitative estimate of drug-likeness (QED) is 0.477. The first-order valence-electron chi connectivity index (χ1n) is 7.12. The Morgan fingerprint density at radius 3 is 2.29 bits per heavy atom. The van der Waals surface area contributed by atoms with Gasteiger partial charge >= 0.3 is 0 Å². The van der Waals surface area contributed by atoms with E-state index in [0.29, 0.717) is 16.6 Å². The lowest BCUT2D eigenvalue weighted by molar-refractivity contribution is 0.355. The molecule has 0 amide bonds. The van der Waals surface area contributed by atoms with Crippen molar-refractivity contribution in [1.29, 1.82) is 0 Å². The zero-order valence-corrected chi connectivity index (χ0v) is 14.5. The molecule has 0 saturated heterocycles. The summed E-state index contributed by atoms with van der Waals surface area (Å²) < 4.78 is 15.5. The summed E-state index contributed by atoms with van der Waals surface area (Å²) in [7, 11) is 4.80. The summed E-state index contributed by atoms with van der Waals surface area (Å²) in [5.41, 5.74) is 4.46. The fourth-order valence-corrected chi connectivity index (χ4v) is 2.10. The van der Waals surface area contributed by atoms with Crippen molar-refractivity contribution in [1.82, 2.24) is 5.43 Å². The van der Waals surface area contributed by atoms with Gasteiger partial charge in [-0.05, 0) is 54.2 Å². The van der Waals surface area contributed by atoms with Gasteiger partial charge in [-0.15, -0.1) is 0 Å². The summed E-state index contributed by atoms with van der Waals surface area (Å²) in [6.45, 7) is 0. The van der Waals surface area contributed by atoms with Gasteiger partial charge in [-0.2, -0.15) is 5.10 Å². The van der Waals surface area contributed by atoms with Gasteiger partial charge in [0.1, 0.15) is 5.75 Å². The maximum absolute atomic E-state index is 5.25. The van der Waals surface area contributed by atoms with Crippen LogP contribution in [0, 0.1) is 0 Å². The molecular formula is C17H19N3O3S. The zero-order valence-electron chi connectivity index (χ0n) is 13.7. The molecule has 2 rings (SSSR count). The Labute approximate surface area is 146 Å². The van der Waals surface area contributed by atoms with Gasteiger partial charge in [-0.3, -0.25) is 5.43 Å². The zero-order chi connectivity index (χ0) is 17.4. The Hall–Kier alpha value is -2.80. The number of hydrogen-bond donors (Lipinski definition) is 2. The normalized spacial score (nSPS) is 10.3. The fraction of sp³-hybridized carbons (Fsp3) is 0.176. The van der Waals surface area contributed by atoms with Crippen LogP contribution in [-0.2, 0) is 0 Å². The number of methoxy groups -OCH3 is 3. The van der Waals surface area contributed by atoms with Gasteiger partial charge in [0, 0.05) is 11.8 Å². The molecule has 0 fully saturated rings. The molecule has 0 aliphatic carbocycles. The standard InChI is InChI=1S/C17H19N3O3S/c1-21-14-7-4-12(5-8-14)11-18-20-17(24)19-13-6-9-15(22-2)16(10-13)23-3/h4-11H,1-3H3,(H2,19,20,24)/b18-11-. The third kappa shape index (κ3) is 4.85. The van der Waals surface area contributed by atoms with Gasteiger partial charge in [-0.25, -0.2) is 0 Å². The van der Waals surface area contributed by atoms with E-state index in [1.165, 1.54) is 0 Å². The highest BCUT2D eigenvalue weighted by Gasteiger charge is 2.05. The van der Waals surface area contributed by atoms with E-state index in [9.17, 15) is 0 Å². The number of ether oxygens (including phenoxy) is 3. The summed E-state index contributed by atoms with van der Waals surface area (Å²) in [6, 6.07) is 12.9. The molecule has 0 bridgehead atoms. The van der Waals surface area contributed by atoms with Gasteiger partial charge < -0.3 is 19.5 Å². The number of thiocarbonyl (C=S) groups is 1. The van der Waals surface area contributed by atoms with Crippen LogP contribution in [0.15, 0.2) is 47.6 Å². The molecule has 0 spiro atoms. The molecule has 0 aromatic heterocycles. The summed E-state index contributed by atoms with van der Waals surface area (Å²) in [6.07, 6.45) is 1.67. The Morgan fingerprint density at radius 1 is 0.958 bits per heavy atom. The van der Waals surface area contributed by atoms with E-state index in [1.54, 1.807) is 39.7 Å². The highest BCUT2D eigenvalue weighted by molar-refractivity contribution is 7.80. The maximum Gasteiger partial charge on any atom is 0.191 e. The predicted molar refractivity (Wildman–Crippen MR) is 99.5 cm³/mol. The average Bonchev–Trinajstić information content (AvgIpc) is 2.62. The molecule has 0 aliphatic rings.